The molecule has 2 atom stereocenters. The normalized spacial score (nSPS) is 13.4. The van der Waals surface area contributed by atoms with Crippen LogP contribution >= 0.6 is 11.6 Å². The van der Waals surface area contributed by atoms with Crippen molar-refractivity contribution in [1.82, 2.24) is 0 Å². The largest absolute Gasteiger partial charge is 0.460 e. The second-order valence-electron chi connectivity index (χ2n) is 5.24. The maximum Gasteiger partial charge on any atom is 0.238 e. The van der Waals surface area contributed by atoms with Crippen molar-refractivity contribution in [3.63, 3.8) is 0 Å². The van der Waals surface area contributed by atoms with Gasteiger partial charge >= 0.3 is 0 Å². The maximum absolute atomic E-state index is 13.3. The molecule has 2 aromatic carbocycles. The van der Waals surface area contributed by atoms with Crippen LogP contribution in [0.2, 0.25) is 5.02 Å². The summed E-state index contributed by atoms with van der Waals surface area (Å²) in [5.41, 5.74) is 1.40. The zero-order valence-corrected chi connectivity index (χ0v) is 13.7. The first-order valence-electron chi connectivity index (χ1n) is 7.31. The SMILES string of the molecule is CCC(F)Oc1ccc(C(O)C(=O)c2cccc(Cl)c2)cc1C. The van der Waals surface area contributed by atoms with Crippen LogP contribution in [0.5, 0.6) is 5.75 Å². The van der Waals surface area contributed by atoms with E-state index in [2.05, 4.69) is 0 Å². The molecule has 0 aliphatic rings. The van der Waals surface area contributed by atoms with Crippen molar-refractivity contribution < 1.29 is 19.0 Å². The number of carbonyl (C=O) groups excluding carboxylic acids is 1. The molecule has 0 fully saturated rings. The number of aliphatic hydroxyl groups is 1. The predicted molar refractivity (Wildman–Crippen MR) is 87.7 cm³/mol. The number of alkyl halides is 1. The minimum Gasteiger partial charge on any atom is -0.460 e. The van der Waals surface area contributed by atoms with Crippen LogP contribution in [0.15, 0.2) is 42.5 Å². The van der Waals surface area contributed by atoms with Gasteiger partial charge in [0.25, 0.3) is 0 Å². The highest BCUT2D eigenvalue weighted by Gasteiger charge is 2.20. The quantitative estimate of drug-likeness (QED) is 0.781. The van der Waals surface area contributed by atoms with Crippen LogP contribution in [0.4, 0.5) is 4.39 Å². The first-order valence-corrected chi connectivity index (χ1v) is 7.69. The van der Waals surface area contributed by atoms with Crippen molar-refractivity contribution in [2.24, 2.45) is 0 Å². The number of halogens is 2. The third-order valence-electron chi connectivity index (χ3n) is 3.45. The number of carbonyl (C=O) groups is 1. The van der Waals surface area contributed by atoms with E-state index in [1.54, 1.807) is 50.2 Å². The Kier molecular flexibility index (Phi) is 5.74. The zero-order valence-electron chi connectivity index (χ0n) is 12.9. The summed E-state index contributed by atoms with van der Waals surface area (Å²) in [6.45, 7) is 3.42. The molecule has 2 rings (SSSR count). The topological polar surface area (TPSA) is 46.5 Å². The van der Waals surface area contributed by atoms with E-state index in [0.717, 1.165) is 0 Å². The number of benzene rings is 2. The molecule has 5 heteroatoms. The molecule has 3 nitrogen and oxygen atoms in total. The Balaban J connectivity index is 2.21. The van der Waals surface area contributed by atoms with Crippen molar-refractivity contribution in [2.75, 3.05) is 0 Å². The van der Waals surface area contributed by atoms with Gasteiger partial charge in [-0.1, -0.05) is 36.7 Å². The molecule has 0 saturated heterocycles. The van der Waals surface area contributed by atoms with Gasteiger partial charge in [0, 0.05) is 17.0 Å². The molecule has 1 N–H and O–H groups in total. The van der Waals surface area contributed by atoms with Crippen LogP contribution in [0.25, 0.3) is 0 Å². The third-order valence-corrected chi connectivity index (χ3v) is 3.68. The maximum atomic E-state index is 13.3. The van der Waals surface area contributed by atoms with Crippen molar-refractivity contribution in [2.45, 2.75) is 32.7 Å². The van der Waals surface area contributed by atoms with E-state index < -0.39 is 18.2 Å². The molecule has 23 heavy (non-hydrogen) atoms. The predicted octanol–water partition coefficient (Wildman–Crippen LogP) is 4.65. The van der Waals surface area contributed by atoms with Gasteiger partial charge in [-0.25, -0.2) is 4.39 Å². The fourth-order valence-corrected chi connectivity index (χ4v) is 2.34. The lowest BCUT2D eigenvalue weighted by atomic mass is 9.98. The van der Waals surface area contributed by atoms with Crippen LogP contribution in [0.1, 0.15) is 40.9 Å². The van der Waals surface area contributed by atoms with Crippen LogP contribution < -0.4 is 4.74 Å². The van der Waals surface area contributed by atoms with Crippen molar-refractivity contribution >= 4 is 17.4 Å². The minimum atomic E-state index is -1.38. The van der Waals surface area contributed by atoms with Crippen LogP contribution in [-0.2, 0) is 0 Å². The van der Waals surface area contributed by atoms with Gasteiger partial charge < -0.3 is 9.84 Å². The van der Waals surface area contributed by atoms with Gasteiger partial charge in [0.2, 0.25) is 6.36 Å². The third kappa shape index (κ3) is 4.30. The highest BCUT2D eigenvalue weighted by Crippen LogP contribution is 2.26. The standard InChI is InChI=1S/C18H18ClFO3/c1-3-16(20)23-15-8-7-13(9-11(15)2)18(22)17(21)12-5-4-6-14(19)10-12/h4-10,16,18,22H,3H2,1-2H3. The Morgan fingerprint density at radius 1 is 1.30 bits per heavy atom. The molecular weight excluding hydrogens is 319 g/mol. The highest BCUT2D eigenvalue weighted by atomic mass is 35.5. The number of aryl methyl sites for hydroxylation is 1. The Bertz CT molecular complexity index is 702. The molecule has 0 spiro atoms. The number of rotatable bonds is 6. The van der Waals surface area contributed by atoms with Crippen molar-refractivity contribution in [3.8, 4) is 5.75 Å². The summed E-state index contributed by atoms with van der Waals surface area (Å²) in [6, 6.07) is 11.1. The van der Waals surface area contributed by atoms with Crippen LogP contribution in [0, 0.1) is 6.92 Å². The van der Waals surface area contributed by atoms with E-state index in [-0.39, 0.29) is 6.42 Å². The molecule has 0 radical (unpaired) electrons. The molecule has 2 unspecified atom stereocenters. The summed E-state index contributed by atoms with van der Waals surface area (Å²) in [5, 5.41) is 10.7. The molecule has 0 aliphatic carbocycles. The lowest BCUT2D eigenvalue weighted by Gasteiger charge is -2.15. The van der Waals surface area contributed by atoms with Crippen LogP contribution in [-0.4, -0.2) is 17.2 Å². The summed E-state index contributed by atoms with van der Waals surface area (Å²) in [4.78, 5) is 12.3. The fourth-order valence-electron chi connectivity index (χ4n) is 2.15. The van der Waals surface area contributed by atoms with E-state index in [0.29, 0.717) is 27.5 Å². The van der Waals surface area contributed by atoms with E-state index in [1.807, 2.05) is 0 Å². The first-order chi connectivity index (χ1) is 10.9. The number of ether oxygens (including phenoxy) is 1. The molecule has 0 aromatic heterocycles. The Morgan fingerprint density at radius 3 is 2.65 bits per heavy atom. The number of hydrogen-bond acceptors (Lipinski definition) is 3. The van der Waals surface area contributed by atoms with Gasteiger partial charge in [0.15, 0.2) is 5.78 Å². The zero-order chi connectivity index (χ0) is 17.0. The van der Waals surface area contributed by atoms with Gasteiger partial charge in [-0.15, -0.1) is 0 Å². The van der Waals surface area contributed by atoms with Crippen molar-refractivity contribution in [1.29, 1.82) is 0 Å². The molecule has 0 saturated carbocycles. The number of hydrogen-bond donors (Lipinski definition) is 1. The van der Waals surface area contributed by atoms with E-state index in [1.165, 1.54) is 6.07 Å². The summed E-state index contributed by atoms with van der Waals surface area (Å²) in [7, 11) is 0. The summed E-state index contributed by atoms with van der Waals surface area (Å²) >= 11 is 5.86. The van der Waals surface area contributed by atoms with Crippen molar-refractivity contribution in [3.05, 3.63) is 64.2 Å². The molecular formula is C18H18ClFO3. The fraction of sp³-hybridized carbons (Fsp3) is 0.278. The van der Waals surface area contributed by atoms with E-state index >= 15 is 0 Å². The highest BCUT2D eigenvalue weighted by molar-refractivity contribution is 6.31. The molecule has 0 aliphatic heterocycles. The molecule has 122 valence electrons. The minimum absolute atomic E-state index is 0.247. The Hall–Kier alpha value is -1.91. The average Bonchev–Trinajstić information content (AvgIpc) is 2.55. The number of ketones is 1. The van der Waals surface area contributed by atoms with Gasteiger partial charge in [0.1, 0.15) is 11.9 Å². The van der Waals surface area contributed by atoms with Gasteiger partial charge in [0.05, 0.1) is 0 Å². The summed E-state index contributed by atoms with van der Waals surface area (Å²) in [6.07, 6.45) is -2.44. The lowest BCUT2D eigenvalue weighted by Crippen LogP contribution is -2.13. The van der Waals surface area contributed by atoms with Crippen LogP contribution in [0.3, 0.4) is 0 Å². The molecule has 2 aromatic rings. The monoisotopic (exact) mass is 336 g/mol. The molecule has 0 bridgehead atoms. The second-order valence-corrected chi connectivity index (χ2v) is 5.67. The van der Waals surface area contributed by atoms with Gasteiger partial charge in [-0.05, 0) is 42.3 Å². The Labute approximate surface area is 139 Å². The van der Waals surface area contributed by atoms with Gasteiger partial charge in [-0.2, -0.15) is 0 Å². The second kappa shape index (κ2) is 7.57. The first kappa shape index (κ1) is 17.4. The van der Waals surface area contributed by atoms with E-state index in [9.17, 15) is 14.3 Å². The smallest absolute Gasteiger partial charge is 0.238 e. The number of aliphatic hydroxyl groups excluding tert-OH is 1. The summed E-state index contributed by atoms with van der Waals surface area (Å²) < 4.78 is 18.4. The number of Topliss-reactive ketones (excluding diaryl/α,β-unsaturated/α-hetero) is 1. The average molecular weight is 337 g/mol. The molecule has 0 heterocycles. The lowest BCUT2D eigenvalue weighted by molar-refractivity contribution is 0.0631. The molecule has 0 amide bonds. The Morgan fingerprint density at radius 2 is 2.04 bits per heavy atom. The van der Waals surface area contributed by atoms with Gasteiger partial charge in [-0.3, -0.25) is 4.79 Å². The summed E-state index contributed by atoms with van der Waals surface area (Å²) in [5.74, 6) is -0.0528. The van der Waals surface area contributed by atoms with E-state index in [4.69, 9.17) is 16.3 Å².